The van der Waals surface area contributed by atoms with Gasteiger partial charge in [0, 0.05) is 6.42 Å². The van der Waals surface area contributed by atoms with E-state index < -0.39 is 35.4 Å². The van der Waals surface area contributed by atoms with Gasteiger partial charge in [0.25, 0.3) is 0 Å². The number of carbonyl (C=O) groups is 3. The van der Waals surface area contributed by atoms with E-state index in [1.165, 1.54) is 0 Å². The first-order valence-corrected chi connectivity index (χ1v) is 8.54. The van der Waals surface area contributed by atoms with Gasteiger partial charge in [0.15, 0.2) is 0 Å². The molecule has 0 unspecified atom stereocenters. The average molecular weight is 380 g/mol. The molecular weight excluding hydrogens is 352 g/mol. The van der Waals surface area contributed by atoms with E-state index in [4.69, 9.17) is 19.9 Å². The number of amides is 2. The second-order valence-corrected chi connectivity index (χ2v) is 8.02. The summed E-state index contributed by atoms with van der Waals surface area (Å²) in [6.07, 6.45) is -1.37. The minimum absolute atomic E-state index is 0.168. The van der Waals surface area contributed by atoms with Gasteiger partial charge < -0.3 is 25.3 Å². The van der Waals surface area contributed by atoms with Crippen LogP contribution in [-0.2, 0) is 20.7 Å². The standard InChI is InChI=1S/C19H28N2O6/c1-18(2,3)26-16(23)21-14(15(20)22)11-12-7-9-13(10-8-12)25-17(24)27-19(4,5)6/h7-10,14H,11H2,1-6H3,(H2,20,22)(H,21,23)/t14-/m0/s1. The maximum absolute atomic E-state index is 11.8. The zero-order chi connectivity index (χ0) is 20.8. The van der Waals surface area contributed by atoms with Crippen molar-refractivity contribution < 1.29 is 28.6 Å². The lowest BCUT2D eigenvalue weighted by Crippen LogP contribution is -2.47. The van der Waals surface area contributed by atoms with Crippen LogP contribution in [0.3, 0.4) is 0 Å². The van der Waals surface area contributed by atoms with Crippen molar-refractivity contribution in [2.75, 3.05) is 0 Å². The van der Waals surface area contributed by atoms with E-state index in [-0.39, 0.29) is 6.42 Å². The number of alkyl carbamates (subject to hydrolysis) is 1. The molecule has 0 aliphatic carbocycles. The first kappa shape index (κ1) is 22.3. The molecule has 0 bridgehead atoms. The van der Waals surface area contributed by atoms with E-state index in [1.807, 2.05) is 0 Å². The fourth-order valence-electron chi connectivity index (χ4n) is 1.97. The molecule has 3 N–H and O–H groups in total. The number of hydrogen-bond donors (Lipinski definition) is 2. The summed E-state index contributed by atoms with van der Waals surface area (Å²) in [4.78, 5) is 35.1. The fourth-order valence-corrected chi connectivity index (χ4v) is 1.97. The second-order valence-electron chi connectivity index (χ2n) is 8.02. The van der Waals surface area contributed by atoms with Crippen molar-refractivity contribution in [3.05, 3.63) is 29.8 Å². The number of carbonyl (C=O) groups excluding carboxylic acids is 3. The summed E-state index contributed by atoms with van der Waals surface area (Å²) in [5, 5.41) is 2.45. The van der Waals surface area contributed by atoms with Crippen molar-refractivity contribution in [1.82, 2.24) is 5.32 Å². The SMILES string of the molecule is CC(C)(C)OC(=O)N[C@@H](Cc1ccc(OC(=O)OC(C)(C)C)cc1)C(N)=O. The zero-order valence-electron chi connectivity index (χ0n) is 16.6. The molecule has 1 aromatic rings. The molecule has 27 heavy (non-hydrogen) atoms. The first-order chi connectivity index (χ1) is 12.2. The Morgan fingerprint density at radius 2 is 1.48 bits per heavy atom. The number of rotatable bonds is 5. The average Bonchev–Trinajstić information content (AvgIpc) is 2.44. The van der Waals surface area contributed by atoms with Gasteiger partial charge >= 0.3 is 12.2 Å². The summed E-state index contributed by atoms with van der Waals surface area (Å²) in [5.74, 6) is -0.390. The highest BCUT2D eigenvalue weighted by atomic mass is 16.7. The summed E-state index contributed by atoms with van der Waals surface area (Å²) in [7, 11) is 0. The highest BCUT2D eigenvalue weighted by Gasteiger charge is 2.23. The lowest BCUT2D eigenvalue weighted by molar-refractivity contribution is -0.120. The fraction of sp³-hybridized carbons (Fsp3) is 0.526. The van der Waals surface area contributed by atoms with Crippen LogP contribution < -0.4 is 15.8 Å². The van der Waals surface area contributed by atoms with Crippen molar-refractivity contribution in [3.8, 4) is 5.75 Å². The van der Waals surface area contributed by atoms with E-state index in [1.54, 1.807) is 65.8 Å². The Morgan fingerprint density at radius 3 is 1.93 bits per heavy atom. The van der Waals surface area contributed by atoms with E-state index in [9.17, 15) is 14.4 Å². The van der Waals surface area contributed by atoms with E-state index >= 15 is 0 Å². The monoisotopic (exact) mass is 380 g/mol. The highest BCUT2D eigenvalue weighted by molar-refractivity contribution is 5.84. The van der Waals surface area contributed by atoms with Gasteiger partial charge in [-0.05, 0) is 59.2 Å². The molecule has 0 aliphatic heterocycles. The van der Waals surface area contributed by atoms with Crippen LogP contribution in [0.2, 0.25) is 0 Å². The maximum Gasteiger partial charge on any atom is 0.514 e. The first-order valence-electron chi connectivity index (χ1n) is 8.54. The third-order valence-electron chi connectivity index (χ3n) is 2.99. The van der Waals surface area contributed by atoms with Crippen molar-refractivity contribution in [2.24, 2.45) is 5.73 Å². The predicted octanol–water partition coefficient (Wildman–Crippen LogP) is 2.92. The molecule has 0 saturated carbocycles. The molecule has 8 heteroatoms. The second kappa shape index (κ2) is 8.75. The summed E-state index contributed by atoms with van der Waals surface area (Å²) >= 11 is 0. The van der Waals surface area contributed by atoms with E-state index in [2.05, 4.69) is 5.32 Å². The van der Waals surface area contributed by atoms with Gasteiger partial charge in [-0.3, -0.25) is 4.79 Å². The largest absolute Gasteiger partial charge is 0.514 e. The molecular formula is C19H28N2O6. The van der Waals surface area contributed by atoms with Gasteiger partial charge in [0.1, 0.15) is 23.0 Å². The Hall–Kier alpha value is -2.77. The molecule has 8 nitrogen and oxygen atoms in total. The molecule has 1 rings (SSSR count). The van der Waals surface area contributed by atoms with Crippen LogP contribution >= 0.6 is 0 Å². The number of nitrogens with one attached hydrogen (secondary N) is 1. The van der Waals surface area contributed by atoms with Crippen molar-refractivity contribution in [1.29, 1.82) is 0 Å². The Morgan fingerprint density at radius 1 is 0.963 bits per heavy atom. The molecule has 1 aromatic carbocycles. The lowest BCUT2D eigenvalue weighted by Gasteiger charge is -2.22. The van der Waals surface area contributed by atoms with Crippen LogP contribution in [0.15, 0.2) is 24.3 Å². The van der Waals surface area contributed by atoms with Crippen LogP contribution in [0.4, 0.5) is 9.59 Å². The normalized spacial score (nSPS) is 12.7. The molecule has 0 saturated heterocycles. The molecule has 0 spiro atoms. The minimum Gasteiger partial charge on any atom is -0.444 e. The van der Waals surface area contributed by atoms with Gasteiger partial charge in [-0.25, -0.2) is 9.59 Å². The molecule has 2 amide bonds. The number of ether oxygens (including phenoxy) is 3. The zero-order valence-corrected chi connectivity index (χ0v) is 16.6. The molecule has 0 aromatic heterocycles. The maximum atomic E-state index is 11.8. The Kier molecular flexibility index (Phi) is 7.21. The van der Waals surface area contributed by atoms with Crippen molar-refractivity contribution in [2.45, 2.75) is 65.2 Å². The van der Waals surface area contributed by atoms with Gasteiger partial charge in [0.05, 0.1) is 0 Å². The van der Waals surface area contributed by atoms with Gasteiger partial charge in [-0.15, -0.1) is 0 Å². The molecule has 1 atom stereocenters. The summed E-state index contributed by atoms with van der Waals surface area (Å²) < 4.78 is 15.3. The predicted molar refractivity (Wildman–Crippen MR) is 99.4 cm³/mol. The Balaban J connectivity index is 2.69. The summed E-state index contributed by atoms with van der Waals surface area (Å²) in [6.45, 7) is 10.4. The van der Waals surface area contributed by atoms with Crippen LogP contribution in [-0.4, -0.2) is 35.4 Å². The van der Waals surface area contributed by atoms with Crippen molar-refractivity contribution >= 4 is 18.2 Å². The Labute approximate surface area is 159 Å². The third-order valence-corrected chi connectivity index (χ3v) is 2.99. The van der Waals surface area contributed by atoms with Crippen LogP contribution in [0, 0.1) is 0 Å². The minimum atomic E-state index is -0.933. The molecule has 0 heterocycles. The number of hydrogen-bond acceptors (Lipinski definition) is 6. The molecule has 0 fully saturated rings. The highest BCUT2D eigenvalue weighted by Crippen LogP contribution is 2.16. The van der Waals surface area contributed by atoms with E-state index in [0.717, 1.165) is 0 Å². The molecule has 0 aliphatic rings. The van der Waals surface area contributed by atoms with Crippen LogP contribution in [0.25, 0.3) is 0 Å². The third kappa shape index (κ3) is 9.48. The van der Waals surface area contributed by atoms with Gasteiger partial charge in [0.2, 0.25) is 5.91 Å². The molecule has 0 radical (unpaired) electrons. The topological polar surface area (TPSA) is 117 Å². The summed E-state index contributed by atoms with van der Waals surface area (Å²) in [6, 6.07) is 5.51. The van der Waals surface area contributed by atoms with Crippen molar-refractivity contribution in [3.63, 3.8) is 0 Å². The van der Waals surface area contributed by atoms with Crippen LogP contribution in [0.1, 0.15) is 47.1 Å². The van der Waals surface area contributed by atoms with Gasteiger partial charge in [-0.2, -0.15) is 0 Å². The Bertz CT molecular complexity index is 671. The van der Waals surface area contributed by atoms with E-state index in [0.29, 0.717) is 11.3 Å². The molecule has 150 valence electrons. The quantitative estimate of drug-likeness (QED) is 0.599. The number of benzene rings is 1. The number of primary amides is 1. The number of nitrogens with two attached hydrogens (primary N) is 1. The smallest absolute Gasteiger partial charge is 0.444 e. The lowest BCUT2D eigenvalue weighted by atomic mass is 10.1. The van der Waals surface area contributed by atoms with Crippen LogP contribution in [0.5, 0.6) is 5.75 Å². The summed E-state index contributed by atoms with van der Waals surface area (Å²) in [5.41, 5.74) is 4.73. The van der Waals surface area contributed by atoms with Gasteiger partial charge in [-0.1, -0.05) is 12.1 Å².